The fourth-order valence-corrected chi connectivity index (χ4v) is 5.04. The second kappa shape index (κ2) is 7.20. The van der Waals surface area contributed by atoms with Crippen LogP contribution in [0.15, 0.2) is 66.7 Å². The molecule has 2 saturated heterocycles. The van der Waals surface area contributed by atoms with Crippen LogP contribution in [-0.2, 0) is 6.54 Å². The van der Waals surface area contributed by atoms with Gasteiger partial charge in [0.1, 0.15) is 5.75 Å². The number of hydrogen-bond donors (Lipinski definition) is 1. The van der Waals surface area contributed by atoms with E-state index in [9.17, 15) is 4.79 Å². The first-order valence-corrected chi connectivity index (χ1v) is 10.3. The number of methoxy groups -OCH3 is 1. The monoisotopic (exact) mass is 386 g/mol. The Hall–Kier alpha value is -2.85. The lowest BCUT2D eigenvalue weighted by Crippen LogP contribution is -2.53. The third kappa shape index (κ3) is 3.38. The first-order chi connectivity index (χ1) is 14.1. The molecule has 3 fully saturated rings. The zero-order chi connectivity index (χ0) is 19.8. The van der Waals surface area contributed by atoms with E-state index in [1.165, 1.54) is 18.4 Å². The van der Waals surface area contributed by atoms with E-state index >= 15 is 0 Å². The van der Waals surface area contributed by atoms with Crippen LogP contribution in [0.3, 0.4) is 0 Å². The third-order valence-corrected chi connectivity index (χ3v) is 6.59. The Morgan fingerprint density at radius 2 is 1.83 bits per heavy atom. The number of hydrogen-bond acceptors (Lipinski definition) is 3. The maximum absolute atomic E-state index is 12.8. The molecular formula is C25H26N2O2. The van der Waals surface area contributed by atoms with Gasteiger partial charge in [-0.3, -0.25) is 9.69 Å². The minimum absolute atomic E-state index is 0.00658. The summed E-state index contributed by atoms with van der Waals surface area (Å²) in [5.41, 5.74) is 2.18. The Morgan fingerprint density at radius 1 is 1.07 bits per heavy atom. The number of carbonyl (C=O) groups is 1. The summed E-state index contributed by atoms with van der Waals surface area (Å²) in [5.74, 6) is 1.62. The molecule has 148 valence electrons. The number of carbonyl (C=O) groups excluding carboxylic acids is 1. The predicted molar refractivity (Wildman–Crippen MR) is 115 cm³/mol. The fraction of sp³-hybridized carbons (Fsp3) is 0.320. The summed E-state index contributed by atoms with van der Waals surface area (Å²) >= 11 is 0. The normalized spacial score (nSPS) is 23.0. The van der Waals surface area contributed by atoms with Crippen molar-refractivity contribution in [1.82, 2.24) is 10.2 Å². The maximum atomic E-state index is 12.8. The highest BCUT2D eigenvalue weighted by atomic mass is 16.5. The topological polar surface area (TPSA) is 41.6 Å². The van der Waals surface area contributed by atoms with Gasteiger partial charge in [-0.2, -0.15) is 0 Å². The second-order valence-electron chi connectivity index (χ2n) is 8.48. The van der Waals surface area contributed by atoms with Crippen LogP contribution in [-0.4, -0.2) is 36.5 Å². The molecule has 1 aliphatic carbocycles. The first kappa shape index (κ1) is 18.2. The van der Waals surface area contributed by atoms with Gasteiger partial charge in [-0.15, -0.1) is 0 Å². The summed E-state index contributed by atoms with van der Waals surface area (Å²) in [7, 11) is 1.66. The zero-order valence-corrected chi connectivity index (χ0v) is 16.7. The standard InChI is InChI=1S/C25H26N2O2/c1-29-23-10-9-20-11-22(8-7-21(20)12-23)24(28)26-17-25-13-19(14-25)16-27(25)15-18-5-3-2-4-6-18/h2-12,19H,13-17H2,1H3,(H,26,28). The number of fused-ring (bicyclic) bond motifs is 2. The summed E-state index contributed by atoms with van der Waals surface area (Å²) in [5, 5.41) is 5.34. The number of nitrogens with zero attached hydrogens (tertiary/aromatic N) is 1. The van der Waals surface area contributed by atoms with Gasteiger partial charge in [0.15, 0.2) is 0 Å². The van der Waals surface area contributed by atoms with Crippen LogP contribution in [0.1, 0.15) is 28.8 Å². The van der Waals surface area contributed by atoms with Crippen molar-refractivity contribution in [3.8, 4) is 5.75 Å². The van der Waals surface area contributed by atoms with Crippen molar-refractivity contribution in [3.05, 3.63) is 77.9 Å². The SMILES string of the molecule is COc1ccc2cc(C(=O)NCC34CC(CN3Cc3ccccc3)C4)ccc2c1. The van der Waals surface area contributed by atoms with Crippen LogP contribution < -0.4 is 10.1 Å². The molecule has 4 heteroatoms. The quantitative estimate of drug-likeness (QED) is 0.689. The van der Waals surface area contributed by atoms with Crippen LogP contribution in [0, 0.1) is 5.92 Å². The van der Waals surface area contributed by atoms with E-state index in [0.29, 0.717) is 5.56 Å². The molecule has 3 aromatic carbocycles. The average Bonchev–Trinajstić information content (AvgIpc) is 3.25. The molecule has 29 heavy (non-hydrogen) atoms. The number of ether oxygens (including phenoxy) is 1. The van der Waals surface area contributed by atoms with E-state index < -0.39 is 0 Å². The highest BCUT2D eigenvalue weighted by Crippen LogP contribution is 2.50. The van der Waals surface area contributed by atoms with Crippen molar-refractivity contribution in [3.63, 3.8) is 0 Å². The van der Waals surface area contributed by atoms with Crippen LogP contribution >= 0.6 is 0 Å². The van der Waals surface area contributed by atoms with Gasteiger partial charge < -0.3 is 10.1 Å². The first-order valence-electron chi connectivity index (χ1n) is 10.3. The van der Waals surface area contributed by atoms with E-state index in [1.807, 2.05) is 36.4 Å². The molecule has 2 heterocycles. The highest BCUT2D eigenvalue weighted by Gasteiger charge is 2.55. The van der Waals surface area contributed by atoms with Crippen molar-refractivity contribution < 1.29 is 9.53 Å². The Labute approximate surface area is 171 Å². The molecule has 6 rings (SSSR count). The number of nitrogens with one attached hydrogen (secondary N) is 1. The molecule has 2 bridgehead atoms. The van der Waals surface area contributed by atoms with Gasteiger partial charge in [0, 0.05) is 30.7 Å². The van der Waals surface area contributed by atoms with Crippen molar-refractivity contribution in [2.24, 2.45) is 5.92 Å². The van der Waals surface area contributed by atoms with Gasteiger partial charge in [0.25, 0.3) is 5.91 Å². The molecule has 2 aliphatic heterocycles. The van der Waals surface area contributed by atoms with Crippen molar-refractivity contribution in [2.45, 2.75) is 24.9 Å². The smallest absolute Gasteiger partial charge is 0.251 e. The molecule has 0 spiro atoms. The zero-order valence-electron chi connectivity index (χ0n) is 16.7. The van der Waals surface area contributed by atoms with E-state index in [-0.39, 0.29) is 11.4 Å². The van der Waals surface area contributed by atoms with Crippen molar-refractivity contribution in [1.29, 1.82) is 0 Å². The van der Waals surface area contributed by atoms with Crippen LogP contribution in [0.4, 0.5) is 0 Å². The summed E-state index contributed by atoms with van der Waals surface area (Å²) in [6.07, 6.45) is 2.38. The summed E-state index contributed by atoms with van der Waals surface area (Å²) in [4.78, 5) is 15.4. The molecule has 0 atom stereocenters. The molecule has 1 N–H and O–H groups in total. The predicted octanol–water partition coefficient (Wildman–Crippen LogP) is 4.24. The maximum Gasteiger partial charge on any atom is 0.251 e. The number of amides is 1. The molecule has 3 aromatic rings. The van der Waals surface area contributed by atoms with Gasteiger partial charge in [-0.05, 0) is 59.4 Å². The van der Waals surface area contributed by atoms with Crippen molar-refractivity contribution >= 4 is 16.7 Å². The minimum atomic E-state index is 0.00658. The highest BCUT2D eigenvalue weighted by molar-refractivity contribution is 5.98. The third-order valence-electron chi connectivity index (χ3n) is 6.59. The van der Waals surface area contributed by atoms with E-state index in [1.54, 1.807) is 7.11 Å². The van der Waals surface area contributed by atoms with Crippen molar-refractivity contribution in [2.75, 3.05) is 20.2 Å². The van der Waals surface area contributed by atoms with Gasteiger partial charge in [0.2, 0.25) is 0 Å². The fourth-order valence-electron chi connectivity index (χ4n) is 5.04. The van der Waals surface area contributed by atoms with Crippen LogP contribution in [0.2, 0.25) is 0 Å². The van der Waals surface area contributed by atoms with Gasteiger partial charge in [-0.1, -0.05) is 42.5 Å². The summed E-state index contributed by atoms with van der Waals surface area (Å²) in [6, 6.07) is 22.4. The van der Waals surface area contributed by atoms with Crippen LogP contribution in [0.5, 0.6) is 5.75 Å². The lowest BCUT2D eigenvalue weighted by Gasteiger charge is -2.42. The van der Waals surface area contributed by atoms with Gasteiger partial charge in [0.05, 0.1) is 7.11 Å². The number of rotatable bonds is 6. The molecule has 0 aromatic heterocycles. The lowest BCUT2D eigenvalue weighted by molar-refractivity contribution is 0.0798. The molecule has 0 radical (unpaired) electrons. The van der Waals surface area contributed by atoms with E-state index in [4.69, 9.17) is 4.74 Å². The number of benzene rings is 3. The second-order valence-corrected chi connectivity index (χ2v) is 8.48. The summed E-state index contributed by atoms with van der Waals surface area (Å²) in [6.45, 7) is 2.82. The molecule has 3 aliphatic rings. The van der Waals surface area contributed by atoms with Crippen LogP contribution in [0.25, 0.3) is 10.8 Å². The Bertz CT molecular complexity index is 1040. The molecule has 1 saturated carbocycles. The lowest BCUT2D eigenvalue weighted by atomic mass is 9.73. The largest absolute Gasteiger partial charge is 0.497 e. The minimum Gasteiger partial charge on any atom is -0.497 e. The average molecular weight is 386 g/mol. The molecule has 4 nitrogen and oxygen atoms in total. The van der Waals surface area contributed by atoms with E-state index in [2.05, 4.69) is 40.5 Å². The molecule has 0 unspecified atom stereocenters. The summed E-state index contributed by atoms with van der Waals surface area (Å²) < 4.78 is 5.28. The van der Waals surface area contributed by atoms with Gasteiger partial charge >= 0.3 is 0 Å². The van der Waals surface area contributed by atoms with E-state index in [0.717, 1.165) is 42.1 Å². The molecular weight excluding hydrogens is 360 g/mol. The van der Waals surface area contributed by atoms with Gasteiger partial charge in [-0.25, -0.2) is 0 Å². The Morgan fingerprint density at radius 3 is 2.62 bits per heavy atom. The Kier molecular flexibility index (Phi) is 4.51. The Balaban J connectivity index is 1.27. The molecule has 1 amide bonds.